The van der Waals surface area contributed by atoms with Crippen molar-refractivity contribution in [2.45, 2.75) is 25.7 Å². The van der Waals surface area contributed by atoms with E-state index in [-0.39, 0.29) is 48.3 Å². The maximum Gasteiger partial charge on any atom is 0.233 e. The predicted octanol–water partition coefficient (Wildman–Crippen LogP) is 2.50. The number of rotatable bonds is 5. The molecule has 1 heterocycles. The van der Waals surface area contributed by atoms with Gasteiger partial charge in [-0.2, -0.15) is 0 Å². The Hall–Kier alpha value is -2.50. The van der Waals surface area contributed by atoms with E-state index in [1.54, 1.807) is 0 Å². The van der Waals surface area contributed by atoms with Gasteiger partial charge >= 0.3 is 0 Å². The van der Waals surface area contributed by atoms with Gasteiger partial charge in [0.15, 0.2) is 0 Å². The molecule has 0 aromatic heterocycles. The van der Waals surface area contributed by atoms with Crippen molar-refractivity contribution in [3.05, 3.63) is 42.2 Å². The van der Waals surface area contributed by atoms with Crippen LogP contribution < -0.4 is 5.32 Å². The topological polar surface area (TPSA) is 66.5 Å². The highest BCUT2D eigenvalue weighted by atomic mass is 19.1. The smallest absolute Gasteiger partial charge is 0.233 e. The van der Waals surface area contributed by atoms with E-state index in [2.05, 4.69) is 5.32 Å². The number of fused-ring (bicyclic) bond motifs is 1. The minimum absolute atomic E-state index is 0.117. The molecule has 24 heavy (non-hydrogen) atoms. The van der Waals surface area contributed by atoms with E-state index in [1.165, 1.54) is 29.2 Å². The molecule has 5 nitrogen and oxygen atoms in total. The van der Waals surface area contributed by atoms with Gasteiger partial charge in [-0.1, -0.05) is 12.2 Å². The van der Waals surface area contributed by atoms with Crippen LogP contribution in [-0.2, 0) is 14.4 Å². The summed E-state index contributed by atoms with van der Waals surface area (Å²) < 4.78 is 12.8. The lowest BCUT2D eigenvalue weighted by molar-refractivity contribution is -0.140. The van der Waals surface area contributed by atoms with Crippen LogP contribution >= 0.6 is 0 Å². The minimum Gasteiger partial charge on any atom is -0.326 e. The van der Waals surface area contributed by atoms with Crippen LogP contribution in [0.3, 0.4) is 0 Å². The van der Waals surface area contributed by atoms with Crippen LogP contribution in [0.25, 0.3) is 0 Å². The summed E-state index contributed by atoms with van der Waals surface area (Å²) >= 11 is 0. The van der Waals surface area contributed by atoms with Gasteiger partial charge in [0.2, 0.25) is 17.7 Å². The first-order chi connectivity index (χ1) is 11.6. The average Bonchev–Trinajstić information content (AvgIpc) is 2.82. The van der Waals surface area contributed by atoms with Crippen LogP contribution in [0, 0.1) is 17.7 Å². The molecule has 0 unspecified atom stereocenters. The zero-order valence-electron chi connectivity index (χ0n) is 13.2. The predicted molar refractivity (Wildman–Crippen MR) is 86.3 cm³/mol. The van der Waals surface area contributed by atoms with Crippen molar-refractivity contribution in [3.63, 3.8) is 0 Å². The Bertz CT molecular complexity index is 658. The summed E-state index contributed by atoms with van der Waals surface area (Å²) in [6.07, 6.45) is 5.75. The molecule has 1 aromatic rings. The van der Waals surface area contributed by atoms with Crippen molar-refractivity contribution in [2.24, 2.45) is 11.8 Å². The molecule has 0 bridgehead atoms. The van der Waals surface area contributed by atoms with Crippen molar-refractivity contribution < 1.29 is 18.8 Å². The number of likely N-dealkylation sites (tertiary alicyclic amines) is 1. The number of carbonyl (C=O) groups excluding carboxylic acids is 3. The highest BCUT2D eigenvalue weighted by Gasteiger charge is 2.46. The maximum atomic E-state index is 12.8. The van der Waals surface area contributed by atoms with Gasteiger partial charge in [-0.25, -0.2) is 4.39 Å². The monoisotopic (exact) mass is 330 g/mol. The Morgan fingerprint density at radius 2 is 1.67 bits per heavy atom. The van der Waals surface area contributed by atoms with Crippen LogP contribution in [0.4, 0.5) is 10.1 Å². The van der Waals surface area contributed by atoms with E-state index >= 15 is 0 Å². The average molecular weight is 330 g/mol. The van der Waals surface area contributed by atoms with Gasteiger partial charge in [0.1, 0.15) is 5.82 Å². The molecule has 2 atom stereocenters. The normalized spacial score (nSPS) is 22.6. The molecule has 1 fully saturated rings. The van der Waals surface area contributed by atoms with Crippen molar-refractivity contribution in [1.29, 1.82) is 0 Å². The third-order valence-electron chi connectivity index (χ3n) is 4.51. The second kappa shape index (κ2) is 6.95. The third kappa shape index (κ3) is 3.37. The Labute approximate surface area is 139 Å². The number of carbonyl (C=O) groups is 3. The van der Waals surface area contributed by atoms with Gasteiger partial charge in [0, 0.05) is 18.7 Å². The Morgan fingerprint density at radius 1 is 1.08 bits per heavy atom. The van der Waals surface area contributed by atoms with E-state index in [0.29, 0.717) is 24.9 Å². The number of allylic oxidation sites excluding steroid dienone is 2. The fourth-order valence-electron chi connectivity index (χ4n) is 3.24. The van der Waals surface area contributed by atoms with Gasteiger partial charge < -0.3 is 5.32 Å². The van der Waals surface area contributed by atoms with E-state index in [9.17, 15) is 18.8 Å². The number of hydrogen-bond acceptors (Lipinski definition) is 3. The molecular weight excluding hydrogens is 311 g/mol. The molecule has 3 amide bonds. The molecule has 0 spiro atoms. The zero-order chi connectivity index (χ0) is 17.1. The quantitative estimate of drug-likeness (QED) is 0.666. The van der Waals surface area contributed by atoms with Crippen molar-refractivity contribution in [1.82, 2.24) is 4.90 Å². The zero-order valence-corrected chi connectivity index (χ0v) is 13.2. The number of hydrogen-bond donors (Lipinski definition) is 1. The molecule has 1 aromatic carbocycles. The van der Waals surface area contributed by atoms with Gasteiger partial charge in [-0.05, 0) is 43.5 Å². The number of benzene rings is 1. The first-order valence-electron chi connectivity index (χ1n) is 8.12. The summed E-state index contributed by atoms with van der Waals surface area (Å²) in [4.78, 5) is 37.7. The standard InChI is InChI=1S/C18H19FN2O3/c19-12-7-9-13(10-8-12)20-16(22)6-3-11-21-17(23)14-4-1-2-5-15(14)18(21)24/h1-2,7-10,14-15H,3-6,11H2,(H,20,22)/t14-,15+. The molecule has 3 rings (SSSR count). The van der Waals surface area contributed by atoms with Gasteiger partial charge in [-0.15, -0.1) is 0 Å². The second-order valence-electron chi connectivity index (χ2n) is 6.14. The third-order valence-corrected chi connectivity index (χ3v) is 4.51. The largest absolute Gasteiger partial charge is 0.326 e. The van der Waals surface area contributed by atoms with Crippen LogP contribution in [-0.4, -0.2) is 29.2 Å². The molecule has 6 heteroatoms. The Kier molecular flexibility index (Phi) is 4.74. The first-order valence-corrected chi connectivity index (χ1v) is 8.12. The first kappa shape index (κ1) is 16.4. The summed E-state index contributed by atoms with van der Waals surface area (Å²) in [5, 5.41) is 2.66. The molecule has 0 saturated carbocycles. The highest BCUT2D eigenvalue weighted by molar-refractivity contribution is 6.05. The molecule has 0 radical (unpaired) electrons. The SMILES string of the molecule is O=C(CCCN1C(=O)[C@H]2CC=CC[C@H]2C1=O)Nc1ccc(F)cc1. The van der Waals surface area contributed by atoms with Crippen molar-refractivity contribution in [3.8, 4) is 0 Å². The number of nitrogens with zero attached hydrogens (tertiary/aromatic N) is 1. The molecule has 2 aliphatic rings. The summed E-state index contributed by atoms with van der Waals surface area (Å²) in [6.45, 7) is 0.265. The number of nitrogens with one attached hydrogen (secondary N) is 1. The molecule has 1 N–H and O–H groups in total. The van der Waals surface area contributed by atoms with Crippen LogP contribution in [0.15, 0.2) is 36.4 Å². The minimum atomic E-state index is -0.366. The van der Waals surface area contributed by atoms with Gasteiger partial charge in [-0.3, -0.25) is 19.3 Å². The fourth-order valence-corrected chi connectivity index (χ4v) is 3.24. The lowest BCUT2D eigenvalue weighted by atomic mass is 9.85. The second-order valence-corrected chi connectivity index (χ2v) is 6.14. The maximum absolute atomic E-state index is 12.8. The van der Waals surface area contributed by atoms with E-state index in [0.717, 1.165) is 0 Å². The molecule has 126 valence electrons. The summed E-state index contributed by atoms with van der Waals surface area (Å²) in [5.41, 5.74) is 0.520. The van der Waals surface area contributed by atoms with E-state index in [1.807, 2.05) is 12.2 Å². The summed E-state index contributed by atoms with van der Waals surface area (Å²) in [7, 11) is 0. The molecular formula is C18H19FN2O3. The van der Waals surface area contributed by atoms with Crippen LogP contribution in [0.1, 0.15) is 25.7 Å². The lowest BCUT2D eigenvalue weighted by Crippen LogP contribution is -2.32. The van der Waals surface area contributed by atoms with Gasteiger partial charge in [0.05, 0.1) is 11.8 Å². The number of anilines is 1. The fraction of sp³-hybridized carbons (Fsp3) is 0.389. The summed E-state index contributed by atoms with van der Waals surface area (Å²) in [6, 6.07) is 5.51. The van der Waals surface area contributed by atoms with Crippen LogP contribution in [0.5, 0.6) is 0 Å². The number of halogens is 1. The summed E-state index contributed by atoms with van der Waals surface area (Å²) in [5.74, 6) is -1.28. The number of imide groups is 1. The van der Waals surface area contributed by atoms with Gasteiger partial charge in [0.25, 0.3) is 0 Å². The van der Waals surface area contributed by atoms with Crippen LogP contribution in [0.2, 0.25) is 0 Å². The van der Waals surface area contributed by atoms with E-state index in [4.69, 9.17) is 0 Å². The molecule has 1 aliphatic heterocycles. The molecule has 1 saturated heterocycles. The van der Waals surface area contributed by atoms with Crippen molar-refractivity contribution in [2.75, 3.05) is 11.9 Å². The Balaban J connectivity index is 1.48. The number of amides is 3. The highest BCUT2D eigenvalue weighted by Crippen LogP contribution is 2.35. The molecule has 1 aliphatic carbocycles. The Morgan fingerprint density at radius 3 is 2.25 bits per heavy atom. The lowest BCUT2D eigenvalue weighted by Gasteiger charge is -2.14. The van der Waals surface area contributed by atoms with E-state index < -0.39 is 0 Å². The van der Waals surface area contributed by atoms with Crippen molar-refractivity contribution >= 4 is 23.4 Å².